The maximum absolute atomic E-state index is 5.84. The normalized spacial score (nSPS) is 41.5. The third kappa shape index (κ3) is 1.70. The summed E-state index contributed by atoms with van der Waals surface area (Å²) in [7, 11) is 0. The number of hydrogen-bond acceptors (Lipinski definition) is 3. The van der Waals surface area contributed by atoms with Crippen LogP contribution >= 0.6 is 11.6 Å². The molecule has 0 spiro atoms. The summed E-state index contributed by atoms with van der Waals surface area (Å²) < 4.78 is 5.84. The Morgan fingerprint density at radius 2 is 1.67 bits per heavy atom. The molecule has 98 valence electrons. The van der Waals surface area contributed by atoms with Crippen molar-refractivity contribution in [3.05, 3.63) is 11.8 Å². The molecular formula is C14H19ClN2O. The van der Waals surface area contributed by atoms with E-state index in [0.29, 0.717) is 24.1 Å². The first-order chi connectivity index (χ1) is 8.83. The van der Waals surface area contributed by atoms with E-state index in [9.17, 15) is 0 Å². The molecule has 0 aromatic carbocycles. The van der Waals surface area contributed by atoms with Crippen LogP contribution in [0.3, 0.4) is 0 Å². The lowest BCUT2D eigenvalue weighted by atomic mass is 9.52. The van der Waals surface area contributed by atoms with E-state index in [1.807, 2.05) is 0 Å². The Bertz CT molecular complexity index is 417. The van der Waals surface area contributed by atoms with Crippen LogP contribution in [-0.4, -0.2) is 16.1 Å². The van der Waals surface area contributed by atoms with E-state index in [-0.39, 0.29) is 0 Å². The Kier molecular flexibility index (Phi) is 2.65. The van der Waals surface area contributed by atoms with Gasteiger partial charge in [-0.2, -0.15) is 0 Å². The van der Waals surface area contributed by atoms with Crippen molar-refractivity contribution in [2.24, 2.45) is 23.7 Å². The second-order valence-corrected chi connectivity index (χ2v) is 6.81. The summed E-state index contributed by atoms with van der Waals surface area (Å²) in [5.74, 6) is 6.34. The lowest BCUT2D eigenvalue weighted by Crippen LogP contribution is -2.43. The van der Waals surface area contributed by atoms with Gasteiger partial charge >= 0.3 is 0 Å². The van der Waals surface area contributed by atoms with Crippen molar-refractivity contribution < 1.29 is 4.42 Å². The topological polar surface area (TPSA) is 38.9 Å². The Morgan fingerprint density at radius 3 is 2.28 bits per heavy atom. The van der Waals surface area contributed by atoms with Crippen LogP contribution in [0.25, 0.3) is 0 Å². The second-order valence-electron chi connectivity index (χ2n) is 6.43. The molecule has 3 nitrogen and oxygen atoms in total. The molecule has 0 unspecified atom stereocenters. The average Bonchev–Trinajstić information content (AvgIpc) is 2.76. The van der Waals surface area contributed by atoms with Gasteiger partial charge in [-0.05, 0) is 55.8 Å². The van der Waals surface area contributed by atoms with Gasteiger partial charge in [-0.15, -0.1) is 21.8 Å². The molecule has 0 radical (unpaired) electrons. The highest BCUT2D eigenvalue weighted by Gasteiger charge is 2.50. The minimum absolute atomic E-state index is 0.550. The molecule has 0 N–H and O–H groups in total. The van der Waals surface area contributed by atoms with E-state index >= 15 is 0 Å². The number of halogens is 1. The zero-order valence-corrected chi connectivity index (χ0v) is 11.3. The van der Waals surface area contributed by atoms with Crippen LogP contribution in [0.1, 0.15) is 49.8 Å². The molecule has 0 aliphatic heterocycles. The minimum atomic E-state index is 0.550. The molecule has 4 heteroatoms. The molecule has 1 aromatic heterocycles. The summed E-state index contributed by atoms with van der Waals surface area (Å²) in [5.41, 5.74) is 0. The van der Waals surface area contributed by atoms with Crippen LogP contribution in [0.5, 0.6) is 0 Å². The van der Waals surface area contributed by atoms with E-state index in [2.05, 4.69) is 10.2 Å². The quantitative estimate of drug-likeness (QED) is 0.787. The van der Waals surface area contributed by atoms with E-state index in [4.69, 9.17) is 16.0 Å². The molecule has 0 atom stereocenters. The third-order valence-corrected chi connectivity index (χ3v) is 5.49. The Labute approximate surface area is 112 Å². The standard InChI is InChI=1S/C14H19ClN2O/c15-2-1-12-16-17-14(18-12)13-10-4-8-3-9(6-10)7-11(13)5-8/h8-11,13H,1-7H2. The fourth-order valence-electron chi connectivity index (χ4n) is 4.91. The first kappa shape index (κ1) is 11.3. The van der Waals surface area contributed by atoms with Crippen molar-refractivity contribution in [2.75, 3.05) is 5.88 Å². The first-order valence-electron chi connectivity index (χ1n) is 7.21. The van der Waals surface area contributed by atoms with E-state index in [0.717, 1.165) is 29.6 Å². The van der Waals surface area contributed by atoms with E-state index in [1.54, 1.807) is 0 Å². The molecule has 0 saturated heterocycles. The summed E-state index contributed by atoms with van der Waals surface area (Å²) in [4.78, 5) is 0. The van der Waals surface area contributed by atoms with Gasteiger partial charge in [-0.1, -0.05) is 0 Å². The molecule has 4 aliphatic rings. The van der Waals surface area contributed by atoms with Crippen LogP contribution in [-0.2, 0) is 6.42 Å². The van der Waals surface area contributed by atoms with Gasteiger partial charge in [0, 0.05) is 18.2 Å². The van der Waals surface area contributed by atoms with Gasteiger partial charge in [0.25, 0.3) is 0 Å². The van der Waals surface area contributed by atoms with Gasteiger partial charge in [0.2, 0.25) is 11.8 Å². The molecule has 5 rings (SSSR count). The number of rotatable bonds is 3. The van der Waals surface area contributed by atoms with Crippen LogP contribution in [0, 0.1) is 23.7 Å². The second kappa shape index (κ2) is 4.22. The molecule has 4 bridgehead atoms. The van der Waals surface area contributed by atoms with Crippen molar-refractivity contribution >= 4 is 11.6 Å². The van der Waals surface area contributed by atoms with Crippen molar-refractivity contribution in [2.45, 2.75) is 44.4 Å². The Balaban J connectivity index is 1.60. The van der Waals surface area contributed by atoms with Gasteiger partial charge in [-0.25, -0.2) is 0 Å². The summed E-state index contributed by atoms with van der Waals surface area (Å²) in [6.45, 7) is 0. The number of aryl methyl sites for hydroxylation is 1. The Hall–Kier alpha value is -0.570. The fourth-order valence-corrected chi connectivity index (χ4v) is 5.07. The number of hydrogen-bond donors (Lipinski definition) is 0. The highest BCUT2D eigenvalue weighted by Crippen LogP contribution is 2.59. The number of aromatic nitrogens is 2. The van der Waals surface area contributed by atoms with Gasteiger partial charge in [0.15, 0.2) is 0 Å². The summed E-state index contributed by atoms with van der Waals surface area (Å²) in [6, 6.07) is 0. The molecule has 1 heterocycles. The first-order valence-corrected chi connectivity index (χ1v) is 7.75. The van der Waals surface area contributed by atoms with Crippen molar-refractivity contribution in [3.63, 3.8) is 0 Å². The van der Waals surface area contributed by atoms with Gasteiger partial charge in [0.05, 0.1) is 0 Å². The molecule has 1 aromatic rings. The lowest BCUT2D eigenvalue weighted by Gasteiger charge is -2.53. The lowest BCUT2D eigenvalue weighted by molar-refractivity contribution is -0.0117. The minimum Gasteiger partial charge on any atom is -0.425 e. The number of alkyl halides is 1. The monoisotopic (exact) mass is 266 g/mol. The molecule has 18 heavy (non-hydrogen) atoms. The maximum Gasteiger partial charge on any atom is 0.220 e. The van der Waals surface area contributed by atoms with Crippen molar-refractivity contribution in [1.82, 2.24) is 10.2 Å². The van der Waals surface area contributed by atoms with Crippen LogP contribution in [0.15, 0.2) is 4.42 Å². The van der Waals surface area contributed by atoms with E-state index in [1.165, 1.54) is 32.1 Å². The summed E-state index contributed by atoms with van der Waals surface area (Å²) >= 11 is 5.72. The third-order valence-electron chi connectivity index (χ3n) is 5.30. The summed E-state index contributed by atoms with van der Waals surface area (Å²) in [6.07, 6.45) is 7.76. The highest BCUT2D eigenvalue weighted by molar-refractivity contribution is 6.17. The van der Waals surface area contributed by atoms with Crippen LogP contribution < -0.4 is 0 Å². The van der Waals surface area contributed by atoms with Gasteiger partial charge in [0.1, 0.15) is 0 Å². The smallest absolute Gasteiger partial charge is 0.220 e. The fraction of sp³-hybridized carbons (Fsp3) is 0.857. The molecule has 0 amide bonds. The zero-order valence-electron chi connectivity index (χ0n) is 10.5. The van der Waals surface area contributed by atoms with Crippen LogP contribution in [0.4, 0.5) is 0 Å². The number of nitrogens with zero attached hydrogens (tertiary/aromatic N) is 2. The van der Waals surface area contributed by atoms with Crippen molar-refractivity contribution in [3.8, 4) is 0 Å². The summed E-state index contributed by atoms with van der Waals surface area (Å²) in [5, 5.41) is 8.44. The van der Waals surface area contributed by atoms with Gasteiger partial charge in [-0.3, -0.25) is 0 Å². The molecular weight excluding hydrogens is 248 g/mol. The largest absolute Gasteiger partial charge is 0.425 e. The van der Waals surface area contributed by atoms with Gasteiger partial charge < -0.3 is 4.42 Å². The molecule has 4 fully saturated rings. The zero-order chi connectivity index (χ0) is 12.1. The van der Waals surface area contributed by atoms with E-state index < -0.39 is 0 Å². The maximum atomic E-state index is 5.84. The molecule has 4 aliphatic carbocycles. The Morgan fingerprint density at radius 1 is 1.00 bits per heavy atom. The molecule has 4 saturated carbocycles. The predicted octanol–water partition coefficient (Wildman–Crippen LogP) is 3.39. The van der Waals surface area contributed by atoms with Crippen molar-refractivity contribution in [1.29, 1.82) is 0 Å². The predicted molar refractivity (Wildman–Crippen MR) is 68.5 cm³/mol. The average molecular weight is 267 g/mol. The van der Waals surface area contributed by atoms with Crippen LogP contribution in [0.2, 0.25) is 0 Å². The highest BCUT2D eigenvalue weighted by atomic mass is 35.5. The SMILES string of the molecule is ClCCc1nnc(C2C3CC4CC(C3)CC2C4)o1.